The Morgan fingerprint density at radius 1 is 0.609 bits per heavy atom. The summed E-state index contributed by atoms with van der Waals surface area (Å²) in [5.41, 5.74) is 0. The molecule has 0 aromatic heterocycles. The molecular formula is C21H44O2. The van der Waals surface area contributed by atoms with E-state index in [1.807, 2.05) is 0 Å². The van der Waals surface area contributed by atoms with Crippen molar-refractivity contribution in [1.29, 1.82) is 0 Å². The quantitative estimate of drug-likeness (QED) is 0.292. The van der Waals surface area contributed by atoms with Crippen LogP contribution in [0.1, 0.15) is 117 Å². The van der Waals surface area contributed by atoms with E-state index in [4.69, 9.17) is 5.11 Å². The maximum absolute atomic E-state index is 10.0. The molecule has 0 unspecified atom stereocenters. The Labute approximate surface area is 146 Å². The van der Waals surface area contributed by atoms with Crippen LogP contribution in [0, 0.1) is 5.92 Å². The van der Waals surface area contributed by atoms with Crippen LogP contribution in [0.2, 0.25) is 0 Å². The van der Waals surface area contributed by atoms with E-state index in [2.05, 4.69) is 13.8 Å². The van der Waals surface area contributed by atoms with E-state index in [1.165, 1.54) is 89.9 Å². The van der Waals surface area contributed by atoms with Crippen molar-refractivity contribution in [3.63, 3.8) is 0 Å². The molecule has 0 radical (unpaired) electrons. The number of hydrogen-bond acceptors (Lipinski definition) is 2. The SMILES string of the molecule is CCCCCCCCC(CCCCCCCC)C[C@H](O)CCO. The second kappa shape index (κ2) is 18.3. The van der Waals surface area contributed by atoms with Gasteiger partial charge in [0.25, 0.3) is 0 Å². The fourth-order valence-corrected chi connectivity index (χ4v) is 3.46. The summed E-state index contributed by atoms with van der Waals surface area (Å²) >= 11 is 0. The highest BCUT2D eigenvalue weighted by Gasteiger charge is 2.14. The molecule has 0 aliphatic carbocycles. The minimum atomic E-state index is -0.301. The largest absolute Gasteiger partial charge is 0.396 e. The second-order valence-corrected chi connectivity index (χ2v) is 7.38. The lowest BCUT2D eigenvalue weighted by Gasteiger charge is -2.20. The zero-order valence-corrected chi connectivity index (χ0v) is 16.1. The standard InChI is InChI=1S/C21H44O2/c1-3-5-7-9-11-13-15-20(19-21(23)17-18-22)16-14-12-10-8-6-4-2/h20-23H,3-19H2,1-2H3/t21-/m1/s1. The van der Waals surface area contributed by atoms with Crippen LogP contribution in [-0.4, -0.2) is 22.9 Å². The van der Waals surface area contributed by atoms with Gasteiger partial charge in [0.1, 0.15) is 0 Å². The van der Waals surface area contributed by atoms with Crippen LogP contribution >= 0.6 is 0 Å². The van der Waals surface area contributed by atoms with Gasteiger partial charge in [-0.3, -0.25) is 0 Å². The summed E-state index contributed by atoms with van der Waals surface area (Å²) in [6.07, 6.45) is 19.9. The minimum Gasteiger partial charge on any atom is -0.396 e. The van der Waals surface area contributed by atoms with Crippen molar-refractivity contribution in [1.82, 2.24) is 0 Å². The lowest BCUT2D eigenvalue weighted by molar-refractivity contribution is 0.103. The number of aliphatic hydroxyl groups excluding tert-OH is 2. The van der Waals surface area contributed by atoms with Gasteiger partial charge in [0.05, 0.1) is 6.10 Å². The third-order valence-corrected chi connectivity index (χ3v) is 5.00. The normalized spacial score (nSPS) is 12.9. The number of hydrogen-bond donors (Lipinski definition) is 2. The van der Waals surface area contributed by atoms with E-state index in [0.717, 1.165) is 6.42 Å². The molecule has 0 saturated heterocycles. The van der Waals surface area contributed by atoms with Crippen LogP contribution in [0.4, 0.5) is 0 Å². The van der Waals surface area contributed by atoms with E-state index in [9.17, 15) is 5.11 Å². The van der Waals surface area contributed by atoms with Gasteiger partial charge in [-0.2, -0.15) is 0 Å². The highest BCUT2D eigenvalue weighted by Crippen LogP contribution is 2.24. The first-order chi connectivity index (χ1) is 11.2. The van der Waals surface area contributed by atoms with Crippen molar-refractivity contribution in [2.45, 2.75) is 123 Å². The van der Waals surface area contributed by atoms with Gasteiger partial charge < -0.3 is 10.2 Å². The molecule has 2 N–H and O–H groups in total. The zero-order valence-electron chi connectivity index (χ0n) is 16.1. The number of rotatable bonds is 18. The topological polar surface area (TPSA) is 40.5 Å². The van der Waals surface area contributed by atoms with Gasteiger partial charge in [-0.25, -0.2) is 0 Å². The van der Waals surface area contributed by atoms with Crippen LogP contribution in [0.3, 0.4) is 0 Å². The Kier molecular flexibility index (Phi) is 18.2. The van der Waals surface area contributed by atoms with Crippen LogP contribution in [0.15, 0.2) is 0 Å². The van der Waals surface area contributed by atoms with Gasteiger partial charge in [-0.15, -0.1) is 0 Å². The van der Waals surface area contributed by atoms with Gasteiger partial charge in [0.15, 0.2) is 0 Å². The molecular weight excluding hydrogens is 284 g/mol. The molecule has 2 heteroatoms. The second-order valence-electron chi connectivity index (χ2n) is 7.38. The fraction of sp³-hybridized carbons (Fsp3) is 1.00. The molecule has 1 atom stereocenters. The molecule has 0 fully saturated rings. The average molecular weight is 329 g/mol. The van der Waals surface area contributed by atoms with Crippen molar-refractivity contribution in [3.05, 3.63) is 0 Å². The smallest absolute Gasteiger partial charge is 0.0564 e. The Bertz CT molecular complexity index is 202. The number of aliphatic hydroxyl groups is 2. The molecule has 0 aliphatic heterocycles. The lowest BCUT2D eigenvalue weighted by atomic mass is 9.89. The lowest BCUT2D eigenvalue weighted by Crippen LogP contribution is -2.15. The molecule has 0 aromatic carbocycles. The highest BCUT2D eigenvalue weighted by molar-refractivity contribution is 4.66. The summed E-state index contributed by atoms with van der Waals surface area (Å²) in [7, 11) is 0. The average Bonchev–Trinajstić information content (AvgIpc) is 2.53. The molecule has 2 nitrogen and oxygen atoms in total. The summed E-state index contributed by atoms with van der Waals surface area (Å²) in [6, 6.07) is 0. The van der Waals surface area contributed by atoms with E-state index in [1.54, 1.807) is 0 Å². The van der Waals surface area contributed by atoms with Crippen molar-refractivity contribution in [3.8, 4) is 0 Å². The molecule has 0 amide bonds. The molecule has 0 aliphatic rings. The first-order valence-corrected chi connectivity index (χ1v) is 10.5. The van der Waals surface area contributed by atoms with Crippen LogP contribution < -0.4 is 0 Å². The molecule has 0 aromatic rings. The summed E-state index contributed by atoms with van der Waals surface area (Å²) in [5, 5.41) is 19.0. The summed E-state index contributed by atoms with van der Waals surface area (Å²) in [6.45, 7) is 4.64. The van der Waals surface area contributed by atoms with Crippen LogP contribution in [-0.2, 0) is 0 Å². The van der Waals surface area contributed by atoms with Crippen LogP contribution in [0.25, 0.3) is 0 Å². The van der Waals surface area contributed by atoms with Crippen molar-refractivity contribution in [2.24, 2.45) is 5.92 Å². The van der Waals surface area contributed by atoms with Crippen LogP contribution in [0.5, 0.6) is 0 Å². The van der Waals surface area contributed by atoms with Gasteiger partial charge in [0.2, 0.25) is 0 Å². The van der Waals surface area contributed by atoms with E-state index in [0.29, 0.717) is 12.3 Å². The Balaban J connectivity index is 3.84. The highest BCUT2D eigenvalue weighted by atomic mass is 16.3. The van der Waals surface area contributed by atoms with Gasteiger partial charge in [0, 0.05) is 6.61 Å². The predicted molar refractivity (Wildman–Crippen MR) is 102 cm³/mol. The molecule has 0 bridgehead atoms. The van der Waals surface area contributed by atoms with E-state index < -0.39 is 0 Å². The molecule has 0 heterocycles. The zero-order chi connectivity index (χ0) is 17.2. The Morgan fingerprint density at radius 2 is 1.04 bits per heavy atom. The number of unbranched alkanes of at least 4 members (excludes halogenated alkanes) is 10. The maximum Gasteiger partial charge on any atom is 0.0564 e. The third-order valence-electron chi connectivity index (χ3n) is 5.00. The first kappa shape index (κ1) is 22.9. The summed E-state index contributed by atoms with van der Waals surface area (Å²) in [5.74, 6) is 0.661. The van der Waals surface area contributed by atoms with Gasteiger partial charge in [-0.1, -0.05) is 104 Å². The first-order valence-electron chi connectivity index (χ1n) is 10.5. The molecule has 0 rings (SSSR count). The molecule has 140 valence electrons. The van der Waals surface area contributed by atoms with E-state index in [-0.39, 0.29) is 12.7 Å². The molecule has 23 heavy (non-hydrogen) atoms. The van der Waals surface area contributed by atoms with Crippen molar-refractivity contribution >= 4 is 0 Å². The van der Waals surface area contributed by atoms with Crippen molar-refractivity contribution < 1.29 is 10.2 Å². The van der Waals surface area contributed by atoms with Gasteiger partial charge in [-0.05, 0) is 18.8 Å². The maximum atomic E-state index is 10.0. The van der Waals surface area contributed by atoms with Crippen molar-refractivity contribution in [2.75, 3.05) is 6.61 Å². The van der Waals surface area contributed by atoms with E-state index >= 15 is 0 Å². The monoisotopic (exact) mass is 328 g/mol. The Hall–Kier alpha value is -0.0800. The minimum absolute atomic E-state index is 0.113. The molecule has 0 saturated carbocycles. The Morgan fingerprint density at radius 3 is 1.48 bits per heavy atom. The summed E-state index contributed by atoms with van der Waals surface area (Å²) in [4.78, 5) is 0. The third kappa shape index (κ3) is 16.6. The molecule has 0 spiro atoms. The predicted octanol–water partition coefficient (Wildman–Crippen LogP) is 6.24. The summed E-state index contributed by atoms with van der Waals surface area (Å²) < 4.78 is 0. The van der Waals surface area contributed by atoms with Gasteiger partial charge >= 0.3 is 0 Å². The fourth-order valence-electron chi connectivity index (χ4n) is 3.46.